The summed E-state index contributed by atoms with van der Waals surface area (Å²) in [6, 6.07) is 7.13. The lowest BCUT2D eigenvalue weighted by Gasteiger charge is -2.17. The van der Waals surface area contributed by atoms with Crippen LogP contribution in [0.5, 0.6) is 0 Å². The molecule has 4 nitrogen and oxygen atoms in total. The topological polar surface area (TPSA) is 66.4 Å². The number of carbonyl (C=O) groups is 2. The molecule has 0 bridgehead atoms. The number of hydrogen-bond acceptors (Lipinski definition) is 2. The summed E-state index contributed by atoms with van der Waals surface area (Å²) < 4.78 is 0. The zero-order valence-corrected chi connectivity index (χ0v) is 10.9. The lowest BCUT2D eigenvalue weighted by Crippen LogP contribution is -2.35. The highest BCUT2D eigenvalue weighted by molar-refractivity contribution is 6.31. The van der Waals surface area contributed by atoms with E-state index in [0.717, 1.165) is 5.56 Å². The number of carbonyl (C=O) groups excluding carboxylic acids is 1. The number of amides is 1. The first-order chi connectivity index (χ1) is 8.49. The van der Waals surface area contributed by atoms with Crippen LogP contribution in [-0.4, -0.2) is 23.0 Å². The Kier molecular flexibility index (Phi) is 5.65. The fourth-order valence-electron chi connectivity index (χ4n) is 1.74. The molecule has 0 heterocycles. The molecule has 0 fully saturated rings. The Morgan fingerprint density at radius 2 is 2.06 bits per heavy atom. The van der Waals surface area contributed by atoms with Gasteiger partial charge in [0.15, 0.2) is 0 Å². The van der Waals surface area contributed by atoms with E-state index in [4.69, 9.17) is 16.7 Å². The molecule has 1 unspecified atom stereocenters. The summed E-state index contributed by atoms with van der Waals surface area (Å²) in [5.41, 5.74) is 0.906. The lowest BCUT2D eigenvalue weighted by atomic mass is 10.0. The van der Waals surface area contributed by atoms with Crippen LogP contribution in [0.2, 0.25) is 5.02 Å². The molecule has 1 aromatic rings. The largest absolute Gasteiger partial charge is 0.481 e. The van der Waals surface area contributed by atoms with Gasteiger partial charge in [0.2, 0.25) is 5.91 Å². The lowest BCUT2D eigenvalue weighted by molar-refractivity contribution is -0.137. The monoisotopic (exact) mass is 269 g/mol. The Labute approximate surface area is 111 Å². The van der Waals surface area contributed by atoms with E-state index in [-0.39, 0.29) is 18.4 Å². The Morgan fingerprint density at radius 3 is 2.61 bits per heavy atom. The van der Waals surface area contributed by atoms with Crippen LogP contribution in [0.1, 0.15) is 25.3 Å². The van der Waals surface area contributed by atoms with Gasteiger partial charge in [-0.1, -0.05) is 29.8 Å². The predicted octanol–water partition coefficient (Wildman–Crippen LogP) is 2.25. The van der Waals surface area contributed by atoms with Crippen molar-refractivity contribution in [2.45, 2.75) is 32.2 Å². The molecule has 98 valence electrons. The molecule has 0 saturated heterocycles. The normalized spacial score (nSPS) is 11.9. The zero-order chi connectivity index (χ0) is 13.5. The Hall–Kier alpha value is -1.55. The highest BCUT2D eigenvalue weighted by Crippen LogP contribution is 2.18. The number of nitrogens with one attached hydrogen (secondary N) is 1. The minimum absolute atomic E-state index is 0.0232. The van der Waals surface area contributed by atoms with E-state index in [2.05, 4.69) is 5.32 Å². The number of carboxylic acid groups (broad SMARTS) is 1. The van der Waals surface area contributed by atoms with Crippen molar-refractivity contribution in [1.82, 2.24) is 5.32 Å². The molecule has 2 N–H and O–H groups in total. The molecule has 1 amide bonds. The van der Waals surface area contributed by atoms with E-state index in [1.54, 1.807) is 6.07 Å². The highest BCUT2D eigenvalue weighted by atomic mass is 35.5. The van der Waals surface area contributed by atoms with Gasteiger partial charge in [-0.15, -0.1) is 0 Å². The van der Waals surface area contributed by atoms with E-state index in [1.165, 1.54) is 6.92 Å². The highest BCUT2D eigenvalue weighted by Gasteiger charge is 2.14. The summed E-state index contributed by atoms with van der Waals surface area (Å²) in [6.07, 6.45) is 0.946. The van der Waals surface area contributed by atoms with Crippen molar-refractivity contribution >= 4 is 23.5 Å². The Balaban J connectivity index is 2.68. The molecule has 0 radical (unpaired) electrons. The number of halogens is 1. The maximum absolute atomic E-state index is 11.1. The van der Waals surface area contributed by atoms with Crippen LogP contribution in [0, 0.1) is 0 Å². The first kappa shape index (κ1) is 14.5. The second-order valence-corrected chi connectivity index (χ2v) is 4.53. The van der Waals surface area contributed by atoms with Crippen molar-refractivity contribution in [3.8, 4) is 0 Å². The SMILES string of the molecule is CC(=O)NC(CCC(=O)O)Cc1ccccc1Cl. The summed E-state index contributed by atoms with van der Waals surface area (Å²) in [6.45, 7) is 1.42. The number of aliphatic carboxylic acids is 1. The fraction of sp³-hybridized carbons (Fsp3) is 0.385. The van der Waals surface area contributed by atoms with Crippen molar-refractivity contribution in [3.63, 3.8) is 0 Å². The minimum atomic E-state index is -0.871. The van der Waals surface area contributed by atoms with Gasteiger partial charge in [0, 0.05) is 24.4 Å². The average Bonchev–Trinajstić information content (AvgIpc) is 2.28. The van der Waals surface area contributed by atoms with Crippen molar-refractivity contribution in [2.24, 2.45) is 0 Å². The minimum Gasteiger partial charge on any atom is -0.481 e. The number of rotatable bonds is 6. The second kappa shape index (κ2) is 7.01. The van der Waals surface area contributed by atoms with Gasteiger partial charge in [0.05, 0.1) is 0 Å². The van der Waals surface area contributed by atoms with Gasteiger partial charge in [0.25, 0.3) is 0 Å². The molecule has 18 heavy (non-hydrogen) atoms. The van der Waals surface area contributed by atoms with Gasteiger partial charge in [-0.3, -0.25) is 9.59 Å². The van der Waals surface area contributed by atoms with Gasteiger partial charge >= 0.3 is 5.97 Å². The summed E-state index contributed by atoms with van der Waals surface area (Å²) in [5, 5.41) is 12.1. The molecule has 5 heteroatoms. The Bertz CT molecular complexity index is 434. The smallest absolute Gasteiger partial charge is 0.303 e. The maximum atomic E-state index is 11.1. The molecule has 0 aliphatic carbocycles. The van der Waals surface area contributed by atoms with Crippen LogP contribution in [0.25, 0.3) is 0 Å². The van der Waals surface area contributed by atoms with Gasteiger partial charge in [-0.2, -0.15) is 0 Å². The zero-order valence-electron chi connectivity index (χ0n) is 10.1. The van der Waals surface area contributed by atoms with Crippen molar-refractivity contribution < 1.29 is 14.7 Å². The van der Waals surface area contributed by atoms with Crippen LogP contribution in [-0.2, 0) is 16.0 Å². The molecule has 0 saturated carbocycles. The maximum Gasteiger partial charge on any atom is 0.303 e. The molecule has 0 aliphatic rings. The van der Waals surface area contributed by atoms with Gasteiger partial charge in [0.1, 0.15) is 0 Å². The fourth-order valence-corrected chi connectivity index (χ4v) is 1.95. The standard InChI is InChI=1S/C13H16ClNO3/c1-9(16)15-11(6-7-13(17)18)8-10-4-2-3-5-12(10)14/h2-5,11H,6-8H2,1H3,(H,15,16)(H,17,18). The third-order valence-electron chi connectivity index (χ3n) is 2.54. The van der Waals surface area contributed by atoms with E-state index >= 15 is 0 Å². The molecule has 1 aromatic carbocycles. The van der Waals surface area contributed by atoms with Gasteiger partial charge < -0.3 is 10.4 Å². The molecular formula is C13H16ClNO3. The number of benzene rings is 1. The summed E-state index contributed by atoms with van der Waals surface area (Å²) in [7, 11) is 0. The predicted molar refractivity (Wildman–Crippen MR) is 69.6 cm³/mol. The second-order valence-electron chi connectivity index (χ2n) is 4.13. The third kappa shape index (κ3) is 5.19. The van der Waals surface area contributed by atoms with Gasteiger partial charge in [-0.05, 0) is 24.5 Å². The van der Waals surface area contributed by atoms with E-state index in [9.17, 15) is 9.59 Å². The number of hydrogen-bond donors (Lipinski definition) is 2. The van der Waals surface area contributed by atoms with Gasteiger partial charge in [-0.25, -0.2) is 0 Å². The first-order valence-electron chi connectivity index (χ1n) is 5.71. The summed E-state index contributed by atoms with van der Waals surface area (Å²) >= 11 is 6.04. The molecule has 1 rings (SSSR count). The molecular weight excluding hydrogens is 254 g/mol. The summed E-state index contributed by atoms with van der Waals surface area (Å²) in [4.78, 5) is 21.7. The van der Waals surface area contributed by atoms with Crippen LogP contribution in [0.3, 0.4) is 0 Å². The van der Waals surface area contributed by atoms with E-state index in [1.807, 2.05) is 18.2 Å². The molecule has 0 aliphatic heterocycles. The number of carboxylic acids is 1. The summed E-state index contributed by atoms with van der Waals surface area (Å²) in [5.74, 6) is -1.04. The first-order valence-corrected chi connectivity index (χ1v) is 6.09. The van der Waals surface area contributed by atoms with E-state index in [0.29, 0.717) is 17.9 Å². The van der Waals surface area contributed by atoms with Crippen molar-refractivity contribution in [3.05, 3.63) is 34.9 Å². The molecule has 0 spiro atoms. The third-order valence-corrected chi connectivity index (χ3v) is 2.91. The van der Waals surface area contributed by atoms with E-state index < -0.39 is 5.97 Å². The van der Waals surface area contributed by atoms with Crippen LogP contribution in [0.4, 0.5) is 0 Å². The van der Waals surface area contributed by atoms with Crippen molar-refractivity contribution in [2.75, 3.05) is 0 Å². The van der Waals surface area contributed by atoms with Crippen LogP contribution >= 0.6 is 11.6 Å². The average molecular weight is 270 g/mol. The molecule has 1 atom stereocenters. The quantitative estimate of drug-likeness (QED) is 0.832. The van der Waals surface area contributed by atoms with Crippen LogP contribution in [0.15, 0.2) is 24.3 Å². The Morgan fingerprint density at radius 1 is 1.39 bits per heavy atom. The van der Waals surface area contributed by atoms with Crippen LogP contribution < -0.4 is 5.32 Å². The van der Waals surface area contributed by atoms with Crippen molar-refractivity contribution in [1.29, 1.82) is 0 Å². The molecule has 0 aromatic heterocycles.